The van der Waals surface area contributed by atoms with Crippen LogP contribution in [0.3, 0.4) is 0 Å². The van der Waals surface area contributed by atoms with Gasteiger partial charge in [0.25, 0.3) is 5.69 Å². The van der Waals surface area contributed by atoms with Crippen LogP contribution in [0.2, 0.25) is 0 Å². The van der Waals surface area contributed by atoms with Crippen LogP contribution in [-0.2, 0) is 0 Å². The number of carbonyl (C=O) groups is 1. The third-order valence-corrected chi connectivity index (χ3v) is 3.52. The highest BCUT2D eigenvalue weighted by Crippen LogP contribution is 2.28. The number of nitrogens with one attached hydrogen (secondary N) is 1. The summed E-state index contributed by atoms with van der Waals surface area (Å²) in [5, 5.41) is 15.4. The molecule has 2 aromatic rings. The lowest BCUT2D eigenvalue weighted by Crippen LogP contribution is -1.97. The summed E-state index contributed by atoms with van der Waals surface area (Å²) < 4.78 is 5.08. The summed E-state index contributed by atoms with van der Waals surface area (Å²) in [5.74, 6) is 0.218. The number of ketones is 1. The molecule has 108 valence electrons. The maximum Gasteiger partial charge on any atom is 0.273 e. The molecule has 0 aliphatic heterocycles. The van der Waals surface area contributed by atoms with Crippen LogP contribution in [0.1, 0.15) is 9.67 Å². The van der Waals surface area contributed by atoms with Crippen molar-refractivity contribution in [2.24, 2.45) is 0 Å². The van der Waals surface area contributed by atoms with Crippen molar-refractivity contribution in [1.29, 1.82) is 0 Å². The van der Waals surface area contributed by atoms with Gasteiger partial charge in [0.05, 0.1) is 28.7 Å². The van der Waals surface area contributed by atoms with Crippen LogP contribution in [0, 0.1) is 10.1 Å². The zero-order valence-electron chi connectivity index (χ0n) is 11.1. The van der Waals surface area contributed by atoms with Crippen molar-refractivity contribution in [3.63, 3.8) is 0 Å². The van der Waals surface area contributed by atoms with E-state index < -0.39 is 4.92 Å². The number of allylic oxidation sites excluding steroid dienone is 1. The Hall–Kier alpha value is -2.67. The van der Waals surface area contributed by atoms with E-state index in [9.17, 15) is 14.9 Å². The third-order valence-electron chi connectivity index (χ3n) is 2.63. The number of anilines is 1. The van der Waals surface area contributed by atoms with Gasteiger partial charge in [0.1, 0.15) is 5.75 Å². The van der Waals surface area contributed by atoms with Crippen molar-refractivity contribution in [3.8, 4) is 5.75 Å². The maximum atomic E-state index is 11.8. The minimum Gasteiger partial charge on any atom is -0.494 e. The molecule has 0 aliphatic carbocycles. The van der Waals surface area contributed by atoms with Crippen LogP contribution in [0.4, 0.5) is 11.4 Å². The Balaban J connectivity index is 2.09. The quantitative estimate of drug-likeness (QED) is 0.382. The van der Waals surface area contributed by atoms with Crippen molar-refractivity contribution >= 4 is 28.5 Å². The van der Waals surface area contributed by atoms with Crippen LogP contribution in [0.5, 0.6) is 5.75 Å². The van der Waals surface area contributed by atoms with Crippen LogP contribution in [-0.4, -0.2) is 17.8 Å². The number of benzene rings is 1. The van der Waals surface area contributed by atoms with Gasteiger partial charge in [-0.15, -0.1) is 11.3 Å². The second-order valence-electron chi connectivity index (χ2n) is 3.96. The average molecular weight is 304 g/mol. The molecule has 7 heteroatoms. The number of nitro benzene ring substituents is 1. The van der Waals surface area contributed by atoms with E-state index in [0.717, 1.165) is 0 Å². The number of non-ortho nitro benzene ring substituents is 1. The van der Waals surface area contributed by atoms with E-state index in [4.69, 9.17) is 4.74 Å². The molecular weight excluding hydrogens is 292 g/mol. The Kier molecular flexibility index (Phi) is 4.68. The predicted octanol–water partition coefficient (Wildman–Crippen LogP) is 3.47. The van der Waals surface area contributed by atoms with Crippen molar-refractivity contribution in [3.05, 3.63) is 63.0 Å². The molecular formula is C14H12N2O4S. The number of methoxy groups -OCH3 is 1. The summed E-state index contributed by atoms with van der Waals surface area (Å²) in [6.45, 7) is 0. The number of nitro groups is 1. The van der Waals surface area contributed by atoms with Crippen LogP contribution in [0.25, 0.3) is 0 Å². The molecule has 0 atom stereocenters. The molecule has 0 saturated heterocycles. The third kappa shape index (κ3) is 3.67. The molecule has 0 amide bonds. The van der Waals surface area contributed by atoms with Gasteiger partial charge in [0.2, 0.25) is 0 Å². The van der Waals surface area contributed by atoms with Gasteiger partial charge in [-0.3, -0.25) is 14.9 Å². The lowest BCUT2D eigenvalue weighted by Gasteiger charge is -2.07. The lowest BCUT2D eigenvalue weighted by atomic mass is 10.2. The highest BCUT2D eigenvalue weighted by molar-refractivity contribution is 7.12. The molecule has 1 heterocycles. The van der Waals surface area contributed by atoms with Gasteiger partial charge >= 0.3 is 0 Å². The summed E-state index contributed by atoms with van der Waals surface area (Å²) in [6, 6.07) is 7.75. The van der Waals surface area contributed by atoms with E-state index in [-0.39, 0.29) is 11.5 Å². The molecule has 1 N–H and O–H groups in total. The summed E-state index contributed by atoms with van der Waals surface area (Å²) in [6.07, 6.45) is 2.87. The second kappa shape index (κ2) is 6.67. The van der Waals surface area contributed by atoms with Gasteiger partial charge < -0.3 is 10.1 Å². The fourth-order valence-corrected chi connectivity index (χ4v) is 2.27. The van der Waals surface area contributed by atoms with Gasteiger partial charge in [0, 0.05) is 18.3 Å². The van der Waals surface area contributed by atoms with E-state index in [0.29, 0.717) is 16.3 Å². The summed E-state index contributed by atoms with van der Waals surface area (Å²) in [4.78, 5) is 22.6. The number of rotatable bonds is 6. The smallest absolute Gasteiger partial charge is 0.273 e. The van der Waals surface area contributed by atoms with Crippen molar-refractivity contribution < 1.29 is 14.5 Å². The molecule has 0 aliphatic rings. The number of hydrogen-bond acceptors (Lipinski definition) is 6. The number of hydrogen-bond donors (Lipinski definition) is 1. The lowest BCUT2D eigenvalue weighted by molar-refractivity contribution is -0.384. The fourth-order valence-electron chi connectivity index (χ4n) is 1.62. The molecule has 2 rings (SSSR count). The van der Waals surface area contributed by atoms with Crippen LogP contribution in [0.15, 0.2) is 48.0 Å². The summed E-state index contributed by atoms with van der Waals surface area (Å²) >= 11 is 1.36. The topological polar surface area (TPSA) is 81.5 Å². The van der Waals surface area contributed by atoms with Gasteiger partial charge in [-0.05, 0) is 17.5 Å². The Morgan fingerprint density at radius 1 is 1.43 bits per heavy atom. The zero-order chi connectivity index (χ0) is 15.2. The van der Waals surface area contributed by atoms with Crippen LogP contribution >= 0.6 is 11.3 Å². The largest absolute Gasteiger partial charge is 0.494 e. The molecule has 0 spiro atoms. The normalized spacial score (nSPS) is 10.5. The van der Waals surface area contributed by atoms with Crippen molar-refractivity contribution in [1.82, 2.24) is 0 Å². The van der Waals surface area contributed by atoms with E-state index in [1.165, 1.54) is 48.9 Å². The number of ether oxygens (including phenoxy) is 1. The molecule has 0 unspecified atom stereocenters. The molecule has 0 fully saturated rings. The van der Waals surface area contributed by atoms with Crippen LogP contribution < -0.4 is 10.1 Å². The Morgan fingerprint density at radius 2 is 2.24 bits per heavy atom. The summed E-state index contributed by atoms with van der Waals surface area (Å²) in [5.41, 5.74) is 0.481. The SMILES string of the molecule is COc1cc([N+](=O)[O-])ccc1N/C=C/C(=O)c1cccs1. The molecule has 21 heavy (non-hydrogen) atoms. The fraction of sp³-hybridized carbons (Fsp3) is 0.0714. The Morgan fingerprint density at radius 3 is 2.86 bits per heavy atom. The summed E-state index contributed by atoms with van der Waals surface area (Å²) in [7, 11) is 1.42. The van der Waals surface area contributed by atoms with Crippen molar-refractivity contribution in [2.75, 3.05) is 12.4 Å². The molecule has 1 aromatic carbocycles. The van der Waals surface area contributed by atoms with E-state index in [1.54, 1.807) is 12.1 Å². The monoisotopic (exact) mass is 304 g/mol. The first-order chi connectivity index (χ1) is 10.1. The van der Waals surface area contributed by atoms with Gasteiger partial charge in [-0.1, -0.05) is 6.07 Å². The first-order valence-electron chi connectivity index (χ1n) is 5.95. The zero-order valence-corrected chi connectivity index (χ0v) is 11.9. The molecule has 6 nitrogen and oxygen atoms in total. The molecule has 1 aromatic heterocycles. The Labute approximate surface area is 124 Å². The Bertz CT molecular complexity index is 680. The average Bonchev–Trinajstić information content (AvgIpc) is 3.01. The van der Waals surface area contributed by atoms with E-state index in [2.05, 4.69) is 5.32 Å². The first-order valence-corrected chi connectivity index (χ1v) is 6.83. The number of thiophene rings is 1. The molecule has 0 bridgehead atoms. The molecule has 0 saturated carbocycles. The van der Waals surface area contributed by atoms with Gasteiger partial charge in [0.15, 0.2) is 5.78 Å². The maximum absolute atomic E-state index is 11.8. The van der Waals surface area contributed by atoms with E-state index >= 15 is 0 Å². The van der Waals surface area contributed by atoms with Gasteiger partial charge in [-0.2, -0.15) is 0 Å². The molecule has 0 radical (unpaired) electrons. The minimum atomic E-state index is -0.498. The number of nitrogens with zero attached hydrogens (tertiary/aromatic N) is 1. The number of carbonyl (C=O) groups excluding carboxylic acids is 1. The highest BCUT2D eigenvalue weighted by atomic mass is 32.1. The predicted molar refractivity (Wildman–Crippen MR) is 81.1 cm³/mol. The van der Waals surface area contributed by atoms with Crippen molar-refractivity contribution in [2.45, 2.75) is 0 Å². The minimum absolute atomic E-state index is 0.0592. The first kappa shape index (κ1) is 14.7. The second-order valence-corrected chi connectivity index (χ2v) is 4.91. The highest BCUT2D eigenvalue weighted by Gasteiger charge is 2.10. The van der Waals surface area contributed by atoms with Gasteiger partial charge in [-0.25, -0.2) is 0 Å². The van der Waals surface area contributed by atoms with E-state index in [1.807, 2.05) is 5.38 Å². The standard InChI is InChI=1S/C14H12N2O4S/c1-20-13-9-10(16(18)19)4-5-11(13)15-7-6-12(17)14-3-2-8-21-14/h2-9,15H,1H3/b7-6+.